The summed E-state index contributed by atoms with van der Waals surface area (Å²) in [6.45, 7) is 6.57. The molecule has 4 nitrogen and oxygen atoms in total. The van der Waals surface area contributed by atoms with Crippen molar-refractivity contribution in [1.29, 1.82) is 5.26 Å². The smallest absolute Gasteiger partial charge is 0.0991 e. The summed E-state index contributed by atoms with van der Waals surface area (Å²) in [5.74, 6) is 0. The largest absolute Gasteiger partial charge is 0.372 e. The fraction of sp³-hybridized carbons (Fsp3) is 0.286. The van der Waals surface area contributed by atoms with Crippen LogP contribution in [0.25, 0.3) is 0 Å². The number of nitriles is 1. The average molecular weight is 332 g/mol. The molecule has 2 rings (SSSR count). The normalized spacial score (nSPS) is 11.1. The van der Waals surface area contributed by atoms with Gasteiger partial charge in [-0.15, -0.1) is 0 Å². The standard InChI is InChI=1S/C21H24N4/c1-3-13-25(14-4-2)21-11-9-20(10-12-21)17-24-23-16-19-7-5-18(15-22)6-8-19/h5-12,16-17H,3-4,13-14H2,1-2H3/b23-16+,24-17+. The molecule has 0 heterocycles. The number of anilines is 1. The summed E-state index contributed by atoms with van der Waals surface area (Å²) in [7, 11) is 0. The molecule has 0 N–H and O–H groups in total. The van der Waals surface area contributed by atoms with Crippen LogP contribution in [0.5, 0.6) is 0 Å². The lowest BCUT2D eigenvalue weighted by Crippen LogP contribution is -2.24. The molecule has 2 aromatic rings. The molecule has 0 aliphatic heterocycles. The van der Waals surface area contributed by atoms with Crippen LogP contribution in [0.4, 0.5) is 5.69 Å². The zero-order valence-corrected chi connectivity index (χ0v) is 14.9. The van der Waals surface area contributed by atoms with E-state index in [1.807, 2.05) is 12.1 Å². The Morgan fingerprint density at radius 3 is 1.76 bits per heavy atom. The summed E-state index contributed by atoms with van der Waals surface area (Å²) in [5.41, 5.74) is 3.83. The molecule has 0 fully saturated rings. The van der Waals surface area contributed by atoms with Gasteiger partial charge >= 0.3 is 0 Å². The third-order valence-electron chi connectivity index (χ3n) is 3.77. The van der Waals surface area contributed by atoms with Crippen molar-refractivity contribution in [3.8, 4) is 6.07 Å². The summed E-state index contributed by atoms with van der Waals surface area (Å²) in [4.78, 5) is 2.41. The van der Waals surface area contributed by atoms with Crippen LogP contribution in [0.15, 0.2) is 58.7 Å². The molecule has 0 bridgehead atoms. The minimum Gasteiger partial charge on any atom is -0.372 e. The van der Waals surface area contributed by atoms with Crippen molar-refractivity contribution in [2.24, 2.45) is 10.2 Å². The zero-order chi connectivity index (χ0) is 17.9. The van der Waals surface area contributed by atoms with E-state index in [2.05, 4.69) is 59.3 Å². The van der Waals surface area contributed by atoms with E-state index >= 15 is 0 Å². The highest BCUT2D eigenvalue weighted by Gasteiger charge is 2.03. The van der Waals surface area contributed by atoms with Gasteiger partial charge in [-0.25, -0.2) is 0 Å². The van der Waals surface area contributed by atoms with Crippen molar-refractivity contribution < 1.29 is 0 Å². The Morgan fingerprint density at radius 1 is 0.840 bits per heavy atom. The Bertz CT molecular complexity index is 731. The lowest BCUT2D eigenvalue weighted by atomic mass is 10.2. The number of hydrogen-bond donors (Lipinski definition) is 0. The van der Waals surface area contributed by atoms with Crippen molar-refractivity contribution in [1.82, 2.24) is 0 Å². The lowest BCUT2D eigenvalue weighted by molar-refractivity contribution is 0.745. The van der Waals surface area contributed by atoms with E-state index in [0.717, 1.165) is 37.1 Å². The maximum Gasteiger partial charge on any atom is 0.0991 e. The molecular formula is C21H24N4. The first-order valence-corrected chi connectivity index (χ1v) is 8.68. The van der Waals surface area contributed by atoms with Gasteiger partial charge in [0.05, 0.1) is 24.1 Å². The second-order valence-electron chi connectivity index (χ2n) is 5.80. The maximum absolute atomic E-state index is 8.77. The average Bonchev–Trinajstić information content (AvgIpc) is 2.66. The van der Waals surface area contributed by atoms with Gasteiger partial charge in [-0.1, -0.05) is 38.1 Å². The highest BCUT2D eigenvalue weighted by Crippen LogP contribution is 2.15. The van der Waals surface area contributed by atoms with Crippen molar-refractivity contribution >= 4 is 18.1 Å². The van der Waals surface area contributed by atoms with Gasteiger partial charge in [0.1, 0.15) is 0 Å². The van der Waals surface area contributed by atoms with Crippen LogP contribution in [0, 0.1) is 11.3 Å². The molecule has 4 heteroatoms. The van der Waals surface area contributed by atoms with Crippen molar-refractivity contribution in [2.45, 2.75) is 26.7 Å². The van der Waals surface area contributed by atoms with Gasteiger partial charge in [0, 0.05) is 18.8 Å². The van der Waals surface area contributed by atoms with Crippen LogP contribution in [-0.2, 0) is 0 Å². The number of benzene rings is 2. The molecule has 0 saturated carbocycles. The predicted octanol–water partition coefficient (Wildman–Crippen LogP) is 4.64. The minimum absolute atomic E-state index is 0.640. The highest BCUT2D eigenvalue weighted by atomic mass is 15.2. The Labute approximate surface area is 150 Å². The molecule has 0 aliphatic carbocycles. The Balaban J connectivity index is 1.96. The van der Waals surface area contributed by atoms with Gasteiger partial charge in [0.25, 0.3) is 0 Å². The molecular weight excluding hydrogens is 308 g/mol. The van der Waals surface area contributed by atoms with Crippen LogP contribution in [0.3, 0.4) is 0 Å². The van der Waals surface area contributed by atoms with E-state index in [-0.39, 0.29) is 0 Å². The first kappa shape index (κ1) is 18.4. The van der Waals surface area contributed by atoms with E-state index in [1.54, 1.807) is 24.6 Å². The molecule has 0 spiro atoms. The highest BCUT2D eigenvalue weighted by molar-refractivity contribution is 5.83. The second-order valence-corrected chi connectivity index (χ2v) is 5.80. The molecule has 0 amide bonds. The van der Waals surface area contributed by atoms with E-state index in [4.69, 9.17) is 5.26 Å². The lowest BCUT2D eigenvalue weighted by Gasteiger charge is -2.23. The molecule has 0 unspecified atom stereocenters. The monoisotopic (exact) mass is 332 g/mol. The van der Waals surface area contributed by atoms with Gasteiger partial charge < -0.3 is 4.90 Å². The van der Waals surface area contributed by atoms with Crippen LogP contribution in [-0.4, -0.2) is 25.5 Å². The maximum atomic E-state index is 8.77. The fourth-order valence-corrected chi connectivity index (χ4v) is 2.52. The van der Waals surface area contributed by atoms with Gasteiger partial charge in [0.15, 0.2) is 0 Å². The minimum atomic E-state index is 0.640. The summed E-state index contributed by atoms with van der Waals surface area (Å²) in [5, 5.41) is 16.9. The summed E-state index contributed by atoms with van der Waals surface area (Å²) in [6, 6.07) is 17.7. The molecule has 25 heavy (non-hydrogen) atoms. The topological polar surface area (TPSA) is 51.8 Å². The van der Waals surface area contributed by atoms with Gasteiger partial charge in [-0.3, -0.25) is 0 Å². The predicted molar refractivity (Wildman–Crippen MR) is 106 cm³/mol. The molecule has 0 aliphatic rings. The third-order valence-corrected chi connectivity index (χ3v) is 3.77. The fourth-order valence-electron chi connectivity index (χ4n) is 2.52. The van der Waals surface area contributed by atoms with Gasteiger partial charge in [-0.2, -0.15) is 15.5 Å². The number of hydrogen-bond acceptors (Lipinski definition) is 4. The first-order valence-electron chi connectivity index (χ1n) is 8.68. The molecule has 2 aromatic carbocycles. The molecule has 0 saturated heterocycles. The second kappa shape index (κ2) is 10.0. The first-order chi connectivity index (χ1) is 12.3. The number of nitrogens with zero attached hydrogens (tertiary/aromatic N) is 4. The molecule has 128 valence electrons. The third kappa shape index (κ3) is 5.89. The van der Waals surface area contributed by atoms with Gasteiger partial charge in [-0.05, 0) is 48.2 Å². The SMILES string of the molecule is CCCN(CCC)c1ccc(/C=N/N=C/c2ccc(C#N)cc2)cc1. The summed E-state index contributed by atoms with van der Waals surface area (Å²) < 4.78 is 0. The van der Waals surface area contributed by atoms with Crippen LogP contribution >= 0.6 is 0 Å². The summed E-state index contributed by atoms with van der Waals surface area (Å²) >= 11 is 0. The van der Waals surface area contributed by atoms with Crippen molar-refractivity contribution in [2.75, 3.05) is 18.0 Å². The Morgan fingerprint density at radius 2 is 1.32 bits per heavy atom. The van der Waals surface area contributed by atoms with E-state index in [9.17, 15) is 0 Å². The van der Waals surface area contributed by atoms with Crippen LogP contribution < -0.4 is 4.90 Å². The van der Waals surface area contributed by atoms with Crippen LogP contribution in [0.1, 0.15) is 43.4 Å². The van der Waals surface area contributed by atoms with Crippen molar-refractivity contribution in [3.63, 3.8) is 0 Å². The van der Waals surface area contributed by atoms with Gasteiger partial charge in [0.2, 0.25) is 0 Å². The van der Waals surface area contributed by atoms with Crippen molar-refractivity contribution in [3.05, 3.63) is 65.2 Å². The van der Waals surface area contributed by atoms with E-state index < -0.39 is 0 Å². The van der Waals surface area contributed by atoms with Crippen LogP contribution in [0.2, 0.25) is 0 Å². The van der Waals surface area contributed by atoms with E-state index in [0.29, 0.717) is 5.56 Å². The quantitative estimate of drug-likeness (QED) is 0.522. The molecule has 0 radical (unpaired) electrons. The Kier molecular flexibility index (Phi) is 7.40. The molecule has 0 atom stereocenters. The van der Waals surface area contributed by atoms with E-state index in [1.165, 1.54) is 5.69 Å². The number of rotatable bonds is 8. The zero-order valence-electron chi connectivity index (χ0n) is 14.9. The summed E-state index contributed by atoms with van der Waals surface area (Å²) in [6.07, 6.45) is 5.71. The Hall–Kier alpha value is -2.93. The molecule has 0 aromatic heterocycles.